The molecular formula is C29H38N4O3. The van der Waals surface area contributed by atoms with Crippen molar-refractivity contribution < 1.29 is 14.6 Å². The molecule has 2 bridgehead atoms. The molecule has 0 saturated carbocycles. The van der Waals surface area contributed by atoms with Crippen molar-refractivity contribution in [3.63, 3.8) is 0 Å². The monoisotopic (exact) mass is 490 g/mol. The molecule has 1 aromatic heterocycles. The van der Waals surface area contributed by atoms with Gasteiger partial charge in [0.15, 0.2) is 0 Å². The van der Waals surface area contributed by atoms with Crippen LogP contribution in [-0.4, -0.2) is 39.7 Å². The average Bonchev–Trinajstić information content (AvgIpc) is 3.12. The Morgan fingerprint density at radius 3 is 2.53 bits per heavy atom. The van der Waals surface area contributed by atoms with Crippen molar-refractivity contribution in [2.24, 2.45) is 5.92 Å². The summed E-state index contributed by atoms with van der Waals surface area (Å²) in [6, 6.07) is 7.67. The zero-order chi connectivity index (χ0) is 25.7. The van der Waals surface area contributed by atoms with Crippen molar-refractivity contribution >= 4 is 23.0 Å². The van der Waals surface area contributed by atoms with E-state index in [4.69, 9.17) is 4.74 Å². The number of fused-ring (bicyclic) bond motifs is 2. The van der Waals surface area contributed by atoms with Gasteiger partial charge in [0.05, 0.1) is 42.5 Å². The number of hydrogen-bond acceptors (Lipinski definition) is 6. The van der Waals surface area contributed by atoms with Crippen LogP contribution < -0.4 is 15.0 Å². The summed E-state index contributed by atoms with van der Waals surface area (Å²) in [6.45, 7) is 10.8. The van der Waals surface area contributed by atoms with Gasteiger partial charge in [-0.15, -0.1) is 0 Å². The Morgan fingerprint density at radius 1 is 1.25 bits per heavy atom. The summed E-state index contributed by atoms with van der Waals surface area (Å²) in [6.07, 6.45) is 13.1. The Hall–Kier alpha value is -3.35. The summed E-state index contributed by atoms with van der Waals surface area (Å²) in [5.74, 6) is -0.299. The number of rotatable bonds is 11. The standard InChI is InChI=1S/C29H38N4O3/c1-5-8-19(4)22-13-24-10-11-25(14-22)33(24)27-12-9-21(20(6-2)16-28(34)35)15-26(27)32-23-17-30-29(31-18-23)36-7-3/h5,8-9,12,15,17-18,20,22,24-25,32H,4,6-7,10-11,13-14,16H2,1-3H3,(H,34,35)/b8-5-/t20-,22?,24?,25?/m0/s1. The second kappa shape index (κ2) is 11.6. The van der Waals surface area contributed by atoms with Crippen molar-refractivity contribution in [3.05, 3.63) is 60.5 Å². The molecule has 7 heteroatoms. The van der Waals surface area contributed by atoms with Crippen LogP contribution in [0.15, 0.2) is 54.9 Å². The van der Waals surface area contributed by atoms with Crippen LogP contribution in [0.3, 0.4) is 0 Å². The number of ether oxygens (including phenoxy) is 1. The van der Waals surface area contributed by atoms with E-state index in [1.165, 1.54) is 18.4 Å². The van der Waals surface area contributed by atoms with E-state index in [0.717, 1.165) is 41.9 Å². The molecule has 192 valence electrons. The van der Waals surface area contributed by atoms with Crippen LogP contribution in [0, 0.1) is 5.92 Å². The molecule has 36 heavy (non-hydrogen) atoms. The predicted octanol–water partition coefficient (Wildman–Crippen LogP) is 6.47. The van der Waals surface area contributed by atoms with Crippen LogP contribution in [0.4, 0.5) is 17.1 Å². The van der Waals surface area contributed by atoms with Crippen molar-refractivity contribution in [2.75, 3.05) is 16.8 Å². The Bertz CT molecular complexity index is 1080. The van der Waals surface area contributed by atoms with E-state index in [1.807, 2.05) is 20.8 Å². The molecular weight excluding hydrogens is 452 g/mol. The SMILES string of the molecule is C=C(/C=C\C)C1CC2CCC(C1)N2c1ccc([C@@H](CC)CC(=O)O)cc1Nc1cnc(OCC)nc1. The lowest BCUT2D eigenvalue weighted by Gasteiger charge is -2.42. The Kier molecular flexibility index (Phi) is 8.28. The molecule has 2 aliphatic rings. The van der Waals surface area contributed by atoms with E-state index in [1.54, 1.807) is 12.4 Å². The van der Waals surface area contributed by atoms with Crippen molar-refractivity contribution in [1.82, 2.24) is 9.97 Å². The highest BCUT2D eigenvalue weighted by Gasteiger charge is 2.42. The number of aliphatic carboxylic acids is 1. The molecule has 2 unspecified atom stereocenters. The molecule has 2 fully saturated rings. The number of aromatic nitrogens is 2. The number of nitrogens with zero attached hydrogens (tertiary/aromatic N) is 3. The number of anilines is 3. The molecule has 0 amide bonds. The third kappa shape index (κ3) is 5.72. The molecule has 2 saturated heterocycles. The minimum atomic E-state index is -0.776. The number of carbonyl (C=O) groups is 1. The number of benzene rings is 1. The first-order valence-corrected chi connectivity index (χ1v) is 13.1. The minimum Gasteiger partial charge on any atom is -0.481 e. The van der Waals surface area contributed by atoms with Crippen molar-refractivity contribution in [2.45, 2.75) is 77.3 Å². The van der Waals surface area contributed by atoms with Gasteiger partial charge in [0.25, 0.3) is 0 Å². The zero-order valence-corrected chi connectivity index (χ0v) is 21.6. The first-order valence-electron chi connectivity index (χ1n) is 13.1. The molecule has 2 aliphatic heterocycles. The zero-order valence-electron chi connectivity index (χ0n) is 21.6. The molecule has 0 radical (unpaired) electrons. The Balaban J connectivity index is 1.66. The van der Waals surface area contributed by atoms with Gasteiger partial charge in [-0.2, -0.15) is 0 Å². The smallest absolute Gasteiger partial charge is 0.316 e. The number of piperidine rings is 1. The maximum atomic E-state index is 11.5. The minimum absolute atomic E-state index is 0.0414. The topological polar surface area (TPSA) is 87.6 Å². The van der Waals surface area contributed by atoms with Crippen molar-refractivity contribution in [1.29, 1.82) is 0 Å². The maximum Gasteiger partial charge on any atom is 0.316 e. The second-order valence-corrected chi connectivity index (χ2v) is 9.83. The van der Waals surface area contributed by atoms with E-state index >= 15 is 0 Å². The molecule has 7 nitrogen and oxygen atoms in total. The summed E-state index contributed by atoms with van der Waals surface area (Å²) in [7, 11) is 0. The lowest BCUT2D eigenvalue weighted by Crippen LogP contribution is -2.43. The number of nitrogens with one attached hydrogen (secondary N) is 1. The highest BCUT2D eigenvalue weighted by molar-refractivity contribution is 5.77. The first kappa shape index (κ1) is 25.7. The van der Waals surface area contributed by atoms with Crippen molar-refractivity contribution in [3.8, 4) is 6.01 Å². The van der Waals surface area contributed by atoms with Crippen LogP contribution in [0.25, 0.3) is 0 Å². The van der Waals surface area contributed by atoms with E-state index in [0.29, 0.717) is 30.6 Å². The molecule has 2 aromatic rings. The van der Waals surface area contributed by atoms with Crippen LogP contribution in [-0.2, 0) is 4.79 Å². The van der Waals surface area contributed by atoms with E-state index in [-0.39, 0.29) is 12.3 Å². The fraction of sp³-hybridized carbons (Fsp3) is 0.483. The summed E-state index contributed by atoms with van der Waals surface area (Å²) in [5.41, 5.74) is 5.15. The molecule has 4 rings (SSSR count). The van der Waals surface area contributed by atoms with Gasteiger partial charge in [-0.05, 0) is 75.5 Å². The Morgan fingerprint density at radius 2 is 1.94 bits per heavy atom. The second-order valence-electron chi connectivity index (χ2n) is 9.83. The largest absolute Gasteiger partial charge is 0.481 e. The fourth-order valence-corrected chi connectivity index (χ4v) is 5.80. The highest BCUT2D eigenvalue weighted by Crippen LogP contribution is 2.47. The van der Waals surface area contributed by atoms with Gasteiger partial charge in [0, 0.05) is 12.1 Å². The average molecular weight is 491 g/mol. The van der Waals surface area contributed by atoms with Gasteiger partial charge in [0.1, 0.15) is 0 Å². The van der Waals surface area contributed by atoms with Gasteiger partial charge in [-0.1, -0.05) is 37.3 Å². The normalized spacial score (nSPS) is 22.0. The number of carboxylic acids is 1. The van der Waals surface area contributed by atoms with E-state index < -0.39 is 5.97 Å². The molecule has 0 spiro atoms. The van der Waals surface area contributed by atoms with E-state index in [9.17, 15) is 9.90 Å². The first-order chi connectivity index (χ1) is 17.4. The van der Waals surface area contributed by atoms with Crippen LogP contribution >= 0.6 is 0 Å². The summed E-state index contributed by atoms with van der Waals surface area (Å²) in [4.78, 5) is 22.7. The van der Waals surface area contributed by atoms with Crippen LogP contribution in [0.5, 0.6) is 6.01 Å². The molecule has 0 aliphatic carbocycles. The van der Waals surface area contributed by atoms with Gasteiger partial charge >= 0.3 is 12.0 Å². The molecule has 3 atom stereocenters. The lowest BCUT2D eigenvalue weighted by atomic mass is 9.84. The summed E-state index contributed by atoms with van der Waals surface area (Å²) >= 11 is 0. The molecule has 1 aromatic carbocycles. The molecule has 3 heterocycles. The summed E-state index contributed by atoms with van der Waals surface area (Å²) < 4.78 is 5.39. The van der Waals surface area contributed by atoms with E-state index in [2.05, 4.69) is 57.1 Å². The Labute approximate surface area is 214 Å². The molecule has 2 N–H and O–H groups in total. The summed E-state index contributed by atoms with van der Waals surface area (Å²) in [5, 5.41) is 13.0. The predicted molar refractivity (Wildman–Crippen MR) is 144 cm³/mol. The van der Waals surface area contributed by atoms with Crippen LogP contribution in [0.1, 0.15) is 70.8 Å². The third-order valence-electron chi connectivity index (χ3n) is 7.50. The lowest BCUT2D eigenvalue weighted by molar-refractivity contribution is -0.137. The maximum absolute atomic E-state index is 11.5. The van der Waals surface area contributed by atoms with Gasteiger partial charge in [0.2, 0.25) is 0 Å². The number of allylic oxidation sites excluding steroid dienone is 3. The van der Waals surface area contributed by atoms with Gasteiger partial charge in [-0.25, -0.2) is 9.97 Å². The highest BCUT2D eigenvalue weighted by atomic mass is 16.5. The van der Waals surface area contributed by atoms with Crippen LogP contribution in [0.2, 0.25) is 0 Å². The number of carboxylic acid groups (broad SMARTS) is 1. The van der Waals surface area contributed by atoms with Gasteiger partial charge in [-0.3, -0.25) is 4.79 Å². The quantitative estimate of drug-likeness (QED) is 0.349. The van der Waals surface area contributed by atoms with Gasteiger partial charge < -0.3 is 20.1 Å². The third-order valence-corrected chi connectivity index (χ3v) is 7.50. The number of hydrogen-bond donors (Lipinski definition) is 2. The fourth-order valence-electron chi connectivity index (χ4n) is 5.80.